The molecule has 2 aromatic heterocycles. The third-order valence-corrected chi connectivity index (χ3v) is 9.38. The van der Waals surface area contributed by atoms with E-state index in [1.165, 1.54) is 0 Å². The van der Waals surface area contributed by atoms with Crippen molar-refractivity contribution < 1.29 is 13.2 Å². The summed E-state index contributed by atoms with van der Waals surface area (Å²) in [6, 6.07) is 1.92. The molecule has 4 rings (SSSR count). The zero-order valence-corrected chi connectivity index (χ0v) is 17.6. The first-order chi connectivity index (χ1) is 12.8. The first kappa shape index (κ1) is 19.0. The lowest BCUT2D eigenvalue weighted by Gasteiger charge is -2.40. The molecule has 2 aliphatic rings. The molecule has 2 fully saturated rings. The number of aromatic nitrogens is 3. The van der Waals surface area contributed by atoms with Gasteiger partial charge in [0.2, 0.25) is 19.5 Å². The van der Waals surface area contributed by atoms with Gasteiger partial charge in [0, 0.05) is 23.7 Å². The normalized spacial score (nSPS) is 22.5. The van der Waals surface area contributed by atoms with Gasteiger partial charge in [-0.3, -0.25) is 0 Å². The maximum atomic E-state index is 13.4. The summed E-state index contributed by atoms with van der Waals surface area (Å²) in [4.78, 5) is 15.0. The van der Waals surface area contributed by atoms with Crippen LogP contribution in [0.5, 0.6) is 0 Å². The molecule has 0 amide bonds. The number of aryl methyl sites for hydroxylation is 1. The van der Waals surface area contributed by atoms with Crippen LogP contribution >= 0.6 is 22.9 Å². The Bertz CT molecular complexity index is 959. The number of ether oxygens (including phenoxy) is 1. The highest BCUT2D eigenvalue weighted by Gasteiger charge is 2.53. The SMILES string of the molecule is Cc1csc(S(=O)(=O)C2(c3cc(N4CCOC[C@@H]4C)nc(Cl)n3)CCC2)n1. The van der Waals surface area contributed by atoms with Crippen LogP contribution in [0, 0.1) is 6.92 Å². The van der Waals surface area contributed by atoms with Gasteiger partial charge >= 0.3 is 0 Å². The number of hydrogen-bond acceptors (Lipinski definition) is 8. The molecule has 10 heteroatoms. The average Bonchev–Trinajstić information content (AvgIpc) is 3.01. The Balaban J connectivity index is 1.79. The van der Waals surface area contributed by atoms with Gasteiger partial charge in [0.25, 0.3) is 0 Å². The van der Waals surface area contributed by atoms with E-state index < -0.39 is 14.6 Å². The van der Waals surface area contributed by atoms with Gasteiger partial charge in [0.1, 0.15) is 10.6 Å². The molecule has 0 unspecified atom stereocenters. The topological polar surface area (TPSA) is 85.3 Å². The number of nitrogens with zero attached hydrogens (tertiary/aromatic N) is 4. The average molecular weight is 429 g/mol. The largest absolute Gasteiger partial charge is 0.377 e. The van der Waals surface area contributed by atoms with E-state index in [0.717, 1.165) is 17.8 Å². The van der Waals surface area contributed by atoms with Crippen molar-refractivity contribution in [1.82, 2.24) is 15.0 Å². The minimum absolute atomic E-state index is 0.0676. The smallest absolute Gasteiger partial charge is 0.224 e. The molecule has 0 aromatic carbocycles. The molecular formula is C17H21ClN4O3S2. The van der Waals surface area contributed by atoms with Crippen molar-refractivity contribution in [3.63, 3.8) is 0 Å². The van der Waals surface area contributed by atoms with Crippen molar-refractivity contribution in [2.75, 3.05) is 24.7 Å². The van der Waals surface area contributed by atoms with Crippen LogP contribution in [0.15, 0.2) is 15.8 Å². The third-order valence-electron chi connectivity index (χ3n) is 5.32. The summed E-state index contributed by atoms with van der Waals surface area (Å²) in [6.07, 6.45) is 1.85. The van der Waals surface area contributed by atoms with Crippen LogP contribution in [0.4, 0.5) is 5.82 Å². The molecule has 0 spiro atoms. The van der Waals surface area contributed by atoms with Crippen LogP contribution in [0.1, 0.15) is 37.6 Å². The zero-order chi connectivity index (χ0) is 19.2. The van der Waals surface area contributed by atoms with E-state index in [1.54, 1.807) is 18.4 Å². The van der Waals surface area contributed by atoms with Gasteiger partial charge in [-0.15, -0.1) is 11.3 Å². The van der Waals surface area contributed by atoms with Crippen LogP contribution in [-0.2, 0) is 19.3 Å². The summed E-state index contributed by atoms with van der Waals surface area (Å²) in [5, 5.41) is 1.82. The van der Waals surface area contributed by atoms with Gasteiger partial charge in [-0.05, 0) is 44.7 Å². The standard InChI is InChI=1S/C17H21ClN4O3S2/c1-11-10-26-16(19-11)27(23,24)17(4-3-5-17)13-8-14(21-15(18)20-13)22-6-7-25-9-12(22)2/h8,10,12H,3-7,9H2,1-2H3/t12-/m0/s1. The molecule has 3 heterocycles. The Kier molecular flexibility index (Phi) is 4.90. The summed E-state index contributed by atoms with van der Waals surface area (Å²) in [7, 11) is -3.66. The summed E-state index contributed by atoms with van der Waals surface area (Å²) in [5.74, 6) is 0.651. The van der Waals surface area contributed by atoms with Crippen molar-refractivity contribution in [3.05, 3.63) is 28.1 Å². The molecule has 0 bridgehead atoms. The number of anilines is 1. The number of thiazole rings is 1. The Morgan fingerprint density at radius 2 is 2.11 bits per heavy atom. The van der Waals surface area contributed by atoms with E-state index in [9.17, 15) is 8.42 Å². The first-order valence-corrected chi connectivity index (χ1v) is 11.6. The second-order valence-electron chi connectivity index (χ2n) is 7.10. The van der Waals surface area contributed by atoms with Gasteiger partial charge in [-0.2, -0.15) is 0 Å². The monoisotopic (exact) mass is 428 g/mol. The number of morpholine rings is 1. The van der Waals surface area contributed by atoms with Crippen LogP contribution < -0.4 is 4.90 Å². The Morgan fingerprint density at radius 3 is 2.70 bits per heavy atom. The molecule has 1 atom stereocenters. The van der Waals surface area contributed by atoms with Crippen molar-refractivity contribution in [1.29, 1.82) is 0 Å². The highest BCUT2D eigenvalue weighted by Crippen LogP contribution is 2.51. The summed E-state index contributed by atoms with van der Waals surface area (Å²) < 4.78 is 31.4. The Morgan fingerprint density at radius 1 is 1.33 bits per heavy atom. The summed E-state index contributed by atoms with van der Waals surface area (Å²) >= 11 is 7.38. The van der Waals surface area contributed by atoms with Crippen LogP contribution in [0.25, 0.3) is 0 Å². The highest BCUT2D eigenvalue weighted by atomic mass is 35.5. The highest BCUT2D eigenvalue weighted by molar-refractivity contribution is 7.94. The third kappa shape index (κ3) is 3.14. The number of halogens is 1. The fourth-order valence-electron chi connectivity index (χ4n) is 3.64. The van der Waals surface area contributed by atoms with Crippen molar-refractivity contribution in [3.8, 4) is 0 Å². The predicted octanol–water partition coefficient (Wildman–Crippen LogP) is 2.97. The van der Waals surface area contributed by atoms with E-state index in [-0.39, 0.29) is 15.7 Å². The molecule has 1 aliphatic carbocycles. The Labute approximate surface area is 167 Å². The van der Waals surface area contributed by atoms with Gasteiger partial charge in [0.05, 0.1) is 24.9 Å². The molecule has 0 N–H and O–H groups in total. The maximum absolute atomic E-state index is 13.4. The van der Waals surface area contributed by atoms with Gasteiger partial charge in [0.15, 0.2) is 0 Å². The van der Waals surface area contributed by atoms with Gasteiger partial charge in [-0.25, -0.2) is 23.4 Å². The molecule has 146 valence electrons. The van der Waals surface area contributed by atoms with E-state index in [4.69, 9.17) is 16.3 Å². The number of rotatable bonds is 4. The van der Waals surface area contributed by atoms with E-state index in [0.29, 0.717) is 49.8 Å². The molecule has 27 heavy (non-hydrogen) atoms. The van der Waals surface area contributed by atoms with E-state index >= 15 is 0 Å². The lowest BCUT2D eigenvalue weighted by Crippen LogP contribution is -2.45. The quantitative estimate of drug-likeness (QED) is 0.692. The van der Waals surface area contributed by atoms with Crippen LogP contribution in [0.3, 0.4) is 0 Å². The van der Waals surface area contributed by atoms with E-state index in [1.807, 2.05) is 6.92 Å². The lowest BCUT2D eigenvalue weighted by molar-refractivity contribution is 0.0985. The minimum Gasteiger partial charge on any atom is -0.377 e. The molecule has 2 aromatic rings. The number of hydrogen-bond donors (Lipinski definition) is 0. The molecule has 1 saturated carbocycles. The minimum atomic E-state index is -3.66. The molecule has 1 aliphatic heterocycles. The maximum Gasteiger partial charge on any atom is 0.224 e. The van der Waals surface area contributed by atoms with Gasteiger partial charge < -0.3 is 9.64 Å². The second kappa shape index (κ2) is 6.95. The fourth-order valence-corrected chi connectivity index (χ4v) is 7.27. The molecule has 7 nitrogen and oxygen atoms in total. The van der Waals surface area contributed by atoms with E-state index in [2.05, 4.69) is 19.9 Å². The van der Waals surface area contributed by atoms with Crippen LogP contribution in [-0.4, -0.2) is 49.2 Å². The van der Waals surface area contributed by atoms with Gasteiger partial charge in [-0.1, -0.05) is 0 Å². The van der Waals surface area contributed by atoms with Crippen molar-refractivity contribution >= 4 is 38.6 Å². The predicted molar refractivity (Wildman–Crippen MR) is 104 cm³/mol. The Hall–Kier alpha value is -1.29. The first-order valence-electron chi connectivity index (χ1n) is 8.90. The lowest BCUT2D eigenvalue weighted by atomic mass is 9.81. The number of sulfone groups is 1. The molecular weight excluding hydrogens is 408 g/mol. The zero-order valence-electron chi connectivity index (χ0n) is 15.2. The fraction of sp³-hybridized carbons (Fsp3) is 0.588. The van der Waals surface area contributed by atoms with Crippen molar-refractivity contribution in [2.24, 2.45) is 0 Å². The second-order valence-corrected chi connectivity index (χ2v) is 10.7. The summed E-state index contributed by atoms with van der Waals surface area (Å²) in [5.41, 5.74) is 1.17. The molecule has 1 saturated heterocycles. The molecule has 0 radical (unpaired) electrons. The summed E-state index contributed by atoms with van der Waals surface area (Å²) in [6.45, 7) is 5.72. The van der Waals surface area contributed by atoms with Crippen molar-refractivity contribution in [2.45, 2.75) is 48.2 Å². The van der Waals surface area contributed by atoms with Crippen LogP contribution in [0.2, 0.25) is 5.28 Å².